The number of hydrogen-bond donors (Lipinski definition) is 1. The van der Waals surface area contributed by atoms with Gasteiger partial charge in [0.2, 0.25) is 0 Å². The highest BCUT2D eigenvalue weighted by atomic mass is 16.5. The molecule has 0 radical (unpaired) electrons. The molecule has 1 amide bonds. The maximum Gasteiger partial charge on any atom is 0.326 e. The van der Waals surface area contributed by atoms with Crippen LogP contribution in [0.4, 0.5) is 0 Å². The van der Waals surface area contributed by atoms with Crippen molar-refractivity contribution in [2.45, 2.75) is 64.0 Å². The second-order valence-corrected chi connectivity index (χ2v) is 10.4. The Balaban J connectivity index is 1.46. The van der Waals surface area contributed by atoms with Gasteiger partial charge in [0.25, 0.3) is 5.91 Å². The van der Waals surface area contributed by atoms with Crippen LogP contribution in [0.1, 0.15) is 54.5 Å². The fraction of sp³-hybridized carbons (Fsp3) is 0.375. The summed E-state index contributed by atoms with van der Waals surface area (Å²) in [4.78, 5) is 28.1. The highest BCUT2D eigenvalue weighted by Gasteiger charge is 2.41. The second-order valence-electron chi connectivity index (χ2n) is 10.4. The molecule has 0 saturated heterocycles. The lowest BCUT2D eigenvalue weighted by molar-refractivity contribution is -0.161. The molecule has 1 saturated carbocycles. The summed E-state index contributed by atoms with van der Waals surface area (Å²) >= 11 is 0. The topological polar surface area (TPSA) is 85.3 Å². The van der Waals surface area contributed by atoms with Crippen LogP contribution in [-0.4, -0.2) is 41.1 Å². The number of carbonyl (C=O) groups excluding carboxylic acids is 1. The third-order valence-corrected chi connectivity index (χ3v) is 7.87. The van der Waals surface area contributed by atoms with Gasteiger partial charge in [-0.15, -0.1) is 0 Å². The Labute approximate surface area is 229 Å². The predicted molar refractivity (Wildman–Crippen MR) is 147 cm³/mol. The van der Waals surface area contributed by atoms with Crippen molar-refractivity contribution in [1.29, 1.82) is 0 Å². The lowest BCUT2D eigenvalue weighted by atomic mass is 9.91. The third kappa shape index (κ3) is 5.78. The number of carbonyl (C=O) groups is 2. The number of hydrogen-bond acceptors (Lipinski definition) is 5. The van der Waals surface area contributed by atoms with Gasteiger partial charge in [0.1, 0.15) is 12.6 Å². The van der Waals surface area contributed by atoms with E-state index in [-0.39, 0.29) is 25.0 Å². The SMILES string of the molecule is COc1ccc2c(c1OCc1ccccc1)C[C@@H](C(=O)O)N(C(=O)[C@H](O[C@H]1CCC[C@@H]1C)c1ccccc1)C2. The van der Waals surface area contributed by atoms with Gasteiger partial charge in [-0.1, -0.05) is 80.1 Å². The summed E-state index contributed by atoms with van der Waals surface area (Å²) in [6.45, 7) is 2.60. The summed E-state index contributed by atoms with van der Waals surface area (Å²) in [5, 5.41) is 10.3. The molecule has 1 heterocycles. The van der Waals surface area contributed by atoms with Crippen molar-refractivity contribution in [2.24, 2.45) is 5.92 Å². The number of amides is 1. The van der Waals surface area contributed by atoms with E-state index in [1.165, 1.54) is 4.90 Å². The van der Waals surface area contributed by atoms with Gasteiger partial charge >= 0.3 is 5.97 Å². The number of carboxylic acids is 1. The first-order chi connectivity index (χ1) is 19.0. The number of carboxylic acid groups (broad SMARTS) is 1. The van der Waals surface area contributed by atoms with Crippen molar-refractivity contribution < 1.29 is 28.9 Å². The number of methoxy groups -OCH3 is 1. The average molecular weight is 530 g/mol. The first-order valence-electron chi connectivity index (χ1n) is 13.6. The Morgan fingerprint density at radius 3 is 2.36 bits per heavy atom. The van der Waals surface area contributed by atoms with Gasteiger partial charge in [0, 0.05) is 18.5 Å². The van der Waals surface area contributed by atoms with Gasteiger partial charge < -0.3 is 24.2 Å². The quantitative estimate of drug-likeness (QED) is 0.391. The van der Waals surface area contributed by atoms with Gasteiger partial charge in [0.15, 0.2) is 17.6 Å². The van der Waals surface area contributed by atoms with E-state index in [9.17, 15) is 14.7 Å². The van der Waals surface area contributed by atoms with Crippen LogP contribution >= 0.6 is 0 Å². The molecule has 1 aliphatic heterocycles. The van der Waals surface area contributed by atoms with Crippen LogP contribution < -0.4 is 9.47 Å². The molecule has 0 unspecified atom stereocenters. The highest BCUT2D eigenvalue weighted by Crippen LogP contribution is 2.40. The number of benzene rings is 3. The molecule has 0 aromatic heterocycles. The van der Waals surface area contributed by atoms with E-state index in [0.29, 0.717) is 24.0 Å². The molecule has 39 heavy (non-hydrogen) atoms. The summed E-state index contributed by atoms with van der Waals surface area (Å²) in [5.74, 6) is 0.00750. The van der Waals surface area contributed by atoms with Crippen LogP contribution in [0.3, 0.4) is 0 Å². The van der Waals surface area contributed by atoms with Gasteiger partial charge in [0.05, 0.1) is 13.2 Å². The van der Waals surface area contributed by atoms with E-state index in [0.717, 1.165) is 41.5 Å². The number of rotatable bonds is 9. The molecule has 5 rings (SSSR count). The van der Waals surface area contributed by atoms with Gasteiger partial charge in [-0.3, -0.25) is 4.79 Å². The first-order valence-corrected chi connectivity index (χ1v) is 13.6. The van der Waals surface area contributed by atoms with E-state index in [4.69, 9.17) is 14.2 Å². The Hall–Kier alpha value is -3.84. The summed E-state index contributed by atoms with van der Waals surface area (Å²) in [6, 6.07) is 21.8. The molecule has 3 aromatic carbocycles. The first kappa shape index (κ1) is 26.8. The van der Waals surface area contributed by atoms with Crippen LogP contribution in [0.5, 0.6) is 11.5 Å². The van der Waals surface area contributed by atoms with E-state index in [1.807, 2.05) is 72.8 Å². The normalized spacial score (nSPS) is 21.2. The van der Waals surface area contributed by atoms with E-state index < -0.39 is 18.1 Å². The zero-order chi connectivity index (χ0) is 27.4. The molecule has 7 nitrogen and oxygen atoms in total. The fourth-order valence-corrected chi connectivity index (χ4v) is 5.66. The van der Waals surface area contributed by atoms with Crippen molar-refractivity contribution in [3.8, 4) is 11.5 Å². The minimum atomic E-state index is -1.06. The summed E-state index contributed by atoms with van der Waals surface area (Å²) in [5.41, 5.74) is 3.32. The molecular weight excluding hydrogens is 494 g/mol. The van der Waals surface area contributed by atoms with Crippen LogP contribution in [0, 0.1) is 5.92 Å². The van der Waals surface area contributed by atoms with Crippen LogP contribution in [-0.2, 0) is 33.9 Å². The van der Waals surface area contributed by atoms with Gasteiger partial charge in [-0.25, -0.2) is 4.79 Å². The fourth-order valence-electron chi connectivity index (χ4n) is 5.66. The van der Waals surface area contributed by atoms with Crippen LogP contribution in [0.2, 0.25) is 0 Å². The van der Waals surface area contributed by atoms with Crippen molar-refractivity contribution >= 4 is 11.9 Å². The number of aliphatic carboxylic acids is 1. The Kier molecular flexibility index (Phi) is 8.17. The van der Waals surface area contributed by atoms with Crippen LogP contribution in [0.15, 0.2) is 72.8 Å². The largest absolute Gasteiger partial charge is 0.493 e. The highest BCUT2D eigenvalue weighted by molar-refractivity contribution is 5.88. The van der Waals surface area contributed by atoms with Crippen molar-refractivity contribution in [1.82, 2.24) is 4.90 Å². The predicted octanol–water partition coefficient (Wildman–Crippen LogP) is 5.56. The molecule has 0 spiro atoms. The monoisotopic (exact) mass is 529 g/mol. The van der Waals surface area contributed by atoms with Gasteiger partial charge in [-0.05, 0) is 41.5 Å². The molecule has 1 aliphatic carbocycles. The molecule has 1 fully saturated rings. The number of ether oxygens (including phenoxy) is 3. The number of fused-ring (bicyclic) bond motifs is 1. The molecule has 3 aromatic rings. The molecule has 1 N–H and O–H groups in total. The maximum atomic E-state index is 14.1. The second kappa shape index (κ2) is 11.9. The molecule has 204 valence electrons. The molecule has 0 bridgehead atoms. The lowest BCUT2D eigenvalue weighted by Crippen LogP contribution is -2.51. The molecule has 7 heteroatoms. The Bertz CT molecular complexity index is 1290. The maximum absolute atomic E-state index is 14.1. The van der Waals surface area contributed by atoms with Crippen molar-refractivity contribution in [3.63, 3.8) is 0 Å². The minimum absolute atomic E-state index is 0.0400. The molecular formula is C32H35NO6. The van der Waals surface area contributed by atoms with E-state index >= 15 is 0 Å². The van der Waals surface area contributed by atoms with Gasteiger partial charge in [-0.2, -0.15) is 0 Å². The summed E-state index contributed by atoms with van der Waals surface area (Å²) in [7, 11) is 1.57. The van der Waals surface area contributed by atoms with E-state index in [2.05, 4.69) is 6.92 Å². The molecule has 4 atom stereocenters. The zero-order valence-electron chi connectivity index (χ0n) is 22.4. The Morgan fingerprint density at radius 2 is 1.72 bits per heavy atom. The van der Waals surface area contributed by atoms with Crippen molar-refractivity contribution in [2.75, 3.05) is 7.11 Å². The average Bonchev–Trinajstić information content (AvgIpc) is 3.38. The third-order valence-electron chi connectivity index (χ3n) is 7.87. The number of nitrogens with zero attached hydrogens (tertiary/aromatic N) is 1. The lowest BCUT2D eigenvalue weighted by Gasteiger charge is -2.38. The van der Waals surface area contributed by atoms with Crippen molar-refractivity contribution in [3.05, 3.63) is 95.1 Å². The van der Waals surface area contributed by atoms with E-state index in [1.54, 1.807) is 7.11 Å². The smallest absolute Gasteiger partial charge is 0.326 e. The summed E-state index contributed by atoms with van der Waals surface area (Å²) in [6.07, 6.45) is 2.21. The van der Waals surface area contributed by atoms with Crippen LogP contribution in [0.25, 0.3) is 0 Å². The zero-order valence-corrected chi connectivity index (χ0v) is 22.4. The standard InChI is InChI=1S/C32H35NO6/c1-21-10-9-15-27(21)39-29(23-13-7-4-8-14-23)31(34)33-19-24-16-17-28(37-2)30(25(24)18-26(33)32(35)36)38-20-22-11-5-3-6-12-22/h3-8,11-14,16-17,21,26-27,29H,9-10,15,18-20H2,1-2H3,(H,35,36)/t21-,26-,27-,29+/m0/s1. The minimum Gasteiger partial charge on any atom is -0.493 e. The molecule has 2 aliphatic rings. The summed E-state index contributed by atoms with van der Waals surface area (Å²) < 4.78 is 18.2. The Morgan fingerprint density at radius 1 is 1.00 bits per heavy atom.